The monoisotopic (exact) mass is 402 g/mol. The van der Waals surface area contributed by atoms with Gasteiger partial charge >= 0.3 is 5.97 Å². The van der Waals surface area contributed by atoms with Crippen LogP contribution in [0.1, 0.15) is 6.92 Å². The molecule has 0 saturated heterocycles. The first-order chi connectivity index (χ1) is 13.3. The SMILES string of the molecule is CC(=O)CSc1n[nH]c(-c2cc(-c3cnn(CC(=O)O)c3)cc([N+](=O)[O-])c2)n1. The Morgan fingerprint density at radius 3 is 2.71 bits per heavy atom. The summed E-state index contributed by atoms with van der Waals surface area (Å²) in [5.41, 5.74) is 1.28. The van der Waals surface area contributed by atoms with Gasteiger partial charge < -0.3 is 5.11 Å². The molecule has 0 radical (unpaired) electrons. The Morgan fingerprint density at radius 1 is 1.29 bits per heavy atom. The molecule has 3 rings (SSSR count). The number of carbonyl (C=O) groups is 2. The molecule has 0 atom stereocenters. The molecule has 0 saturated carbocycles. The van der Waals surface area contributed by atoms with Crippen LogP contribution < -0.4 is 0 Å². The Balaban J connectivity index is 1.96. The molecule has 0 aliphatic rings. The number of aromatic amines is 1. The van der Waals surface area contributed by atoms with E-state index in [1.165, 1.54) is 36.1 Å². The number of carbonyl (C=O) groups excluding carboxylic acids is 1. The number of non-ortho nitro benzene ring substituents is 1. The van der Waals surface area contributed by atoms with Crippen molar-refractivity contribution in [3.05, 3.63) is 40.7 Å². The van der Waals surface area contributed by atoms with Gasteiger partial charge in [0.2, 0.25) is 5.16 Å². The predicted molar refractivity (Wildman–Crippen MR) is 98.7 cm³/mol. The number of benzene rings is 1. The summed E-state index contributed by atoms with van der Waals surface area (Å²) >= 11 is 1.16. The van der Waals surface area contributed by atoms with E-state index in [-0.39, 0.29) is 23.8 Å². The molecule has 0 spiro atoms. The van der Waals surface area contributed by atoms with Crippen molar-refractivity contribution >= 4 is 29.2 Å². The van der Waals surface area contributed by atoms with E-state index in [1.807, 2.05) is 0 Å². The summed E-state index contributed by atoms with van der Waals surface area (Å²) in [6.07, 6.45) is 2.92. The van der Waals surface area contributed by atoms with Crippen LogP contribution in [-0.4, -0.2) is 52.5 Å². The number of hydrogen-bond donors (Lipinski definition) is 2. The first-order valence-electron chi connectivity index (χ1n) is 7.91. The third-order valence-electron chi connectivity index (χ3n) is 3.54. The summed E-state index contributed by atoms with van der Waals surface area (Å²) < 4.78 is 1.22. The lowest BCUT2D eigenvalue weighted by molar-refractivity contribution is -0.384. The second kappa shape index (κ2) is 8.00. The number of nitrogens with zero attached hydrogens (tertiary/aromatic N) is 5. The molecule has 0 amide bonds. The van der Waals surface area contributed by atoms with Crippen LogP contribution in [0.3, 0.4) is 0 Å². The number of Topliss-reactive ketones (excluding diaryl/α,β-unsaturated/α-hetero) is 1. The smallest absolute Gasteiger partial charge is 0.325 e. The lowest BCUT2D eigenvalue weighted by atomic mass is 10.0. The maximum atomic E-state index is 11.3. The van der Waals surface area contributed by atoms with Gasteiger partial charge in [-0.25, -0.2) is 4.98 Å². The van der Waals surface area contributed by atoms with Crippen LogP contribution in [0.15, 0.2) is 35.7 Å². The van der Waals surface area contributed by atoms with Crippen LogP contribution in [0, 0.1) is 10.1 Å². The van der Waals surface area contributed by atoms with Crippen molar-refractivity contribution in [3.63, 3.8) is 0 Å². The van der Waals surface area contributed by atoms with Gasteiger partial charge in [0.1, 0.15) is 12.3 Å². The predicted octanol–water partition coefficient (Wildman–Crippen LogP) is 2.01. The molecule has 0 aliphatic carbocycles. The minimum Gasteiger partial charge on any atom is -0.480 e. The van der Waals surface area contributed by atoms with Gasteiger partial charge in [-0.3, -0.25) is 29.5 Å². The van der Waals surface area contributed by atoms with Gasteiger partial charge in [-0.1, -0.05) is 11.8 Å². The average Bonchev–Trinajstić information content (AvgIpc) is 3.28. The number of thioether (sulfide) groups is 1. The van der Waals surface area contributed by atoms with Crippen molar-refractivity contribution in [3.8, 4) is 22.5 Å². The van der Waals surface area contributed by atoms with E-state index >= 15 is 0 Å². The summed E-state index contributed by atoms with van der Waals surface area (Å²) in [6.45, 7) is 1.14. The van der Waals surface area contributed by atoms with Crippen molar-refractivity contribution < 1.29 is 19.6 Å². The fourth-order valence-corrected chi connectivity index (χ4v) is 2.96. The minimum atomic E-state index is -1.05. The normalized spacial score (nSPS) is 10.8. The lowest BCUT2D eigenvalue weighted by Gasteiger charge is -2.02. The number of carboxylic acids is 1. The Morgan fingerprint density at radius 2 is 2.04 bits per heavy atom. The highest BCUT2D eigenvalue weighted by Gasteiger charge is 2.16. The summed E-state index contributed by atoms with van der Waals surface area (Å²) in [5.74, 6) is -0.534. The summed E-state index contributed by atoms with van der Waals surface area (Å²) in [7, 11) is 0. The van der Waals surface area contributed by atoms with E-state index < -0.39 is 10.9 Å². The fraction of sp³-hybridized carbons (Fsp3) is 0.188. The van der Waals surface area contributed by atoms with Crippen molar-refractivity contribution in [1.29, 1.82) is 0 Å². The molecule has 0 unspecified atom stereocenters. The topological polar surface area (TPSA) is 157 Å². The van der Waals surface area contributed by atoms with E-state index in [2.05, 4.69) is 20.3 Å². The number of rotatable bonds is 8. The lowest BCUT2D eigenvalue weighted by Crippen LogP contribution is -2.08. The van der Waals surface area contributed by atoms with E-state index in [9.17, 15) is 19.7 Å². The molecule has 11 nitrogen and oxygen atoms in total. The Hall–Kier alpha value is -3.54. The van der Waals surface area contributed by atoms with Gasteiger partial charge in [-0.2, -0.15) is 5.10 Å². The number of nitro groups is 1. The van der Waals surface area contributed by atoms with Gasteiger partial charge in [-0.05, 0) is 18.6 Å². The molecule has 0 fully saturated rings. The highest BCUT2D eigenvalue weighted by Crippen LogP contribution is 2.30. The fourth-order valence-electron chi connectivity index (χ4n) is 2.36. The zero-order valence-corrected chi connectivity index (χ0v) is 15.3. The Kier molecular flexibility index (Phi) is 5.49. The van der Waals surface area contributed by atoms with Crippen molar-refractivity contribution in [2.24, 2.45) is 0 Å². The average molecular weight is 402 g/mol. The van der Waals surface area contributed by atoms with Crippen LogP contribution in [-0.2, 0) is 16.1 Å². The highest BCUT2D eigenvalue weighted by atomic mass is 32.2. The number of aromatic nitrogens is 5. The van der Waals surface area contributed by atoms with Gasteiger partial charge in [-0.15, -0.1) is 5.10 Å². The molecule has 0 bridgehead atoms. The maximum absolute atomic E-state index is 11.3. The zero-order valence-electron chi connectivity index (χ0n) is 14.5. The Labute approximate surface area is 161 Å². The van der Waals surface area contributed by atoms with Crippen molar-refractivity contribution in [1.82, 2.24) is 25.0 Å². The number of H-pyrrole nitrogens is 1. The molecular formula is C16H14N6O5S. The molecule has 3 aromatic rings. The van der Waals surface area contributed by atoms with Gasteiger partial charge in [0.25, 0.3) is 5.69 Å². The third-order valence-corrected chi connectivity index (χ3v) is 4.53. The molecule has 0 aliphatic heterocycles. The second-order valence-corrected chi connectivity index (χ2v) is 6.75. The van der Waals surface area contributed by atoms with Crippen molar-refractivity contribution in [2.45, 2.75) is 18.6 Å². The van der Waals surface area contributed by atoms with Gasteiger partial charge in [0, 0.05) is 29.5 Å². The standard InChI is InChI=1S/C16H14N6O5S/c1-9(23)8-28-16-18-15(19-20-16)11-2-10(3-13(4-11)22(26)27)12-5-17-21(6-12)7-14(24)25/h2-6H,7-8H2,1H3,(H,24,25)(H,18,19,20). The van der Waals surface area contributed by atoms with Crippen LogP contribution in [0.2, 0.25) is 0 Å². The minimum absolute atomic E-state index is 0.0210. The quantitative estimate of drug-likeness (QED) is 0.327. The van der Waals surface area contributed by atoms with Gasteiger partial charge in [0.05, 0.1) is 16.9 Å². The summed E-state index contributed by atoms with van der Waals surface area (Å²) in [5, 5.41) is 31.2. The maximum Gasteiger partial charge on any atom is 0.325 e. The molecule has 28 heavy (non-hydrogen) atoms. The molecule has 2 N–H and O–H groups in total. The van der Waals surface area contributed by atoms with E-state index in [4.69, 9.17) is 5.11 Å². The molecule has 144 valence electrons. The van der Waals surface area contributed by atoms with Gasteiger partial charge in [0.15, 0.2) is 5.82 Å². The first kappa shape index (κ1) is 19.2. The number of hydrogen-bond acceptors (Lipinski definition) is 8. The molecular weight excluding hydrogens is 388 g/mol. The number of aliphatic carboxylic acids is 1. The van der Waals surface area contributed by atoms with E-state index in [0.717, 1.165) is 11.8 Å². The zero-order chi connectivity index (χ0) is 20.3. The Bertz CT molecular complexity index is 1060. The van der Waals surface area contributed by atoms with E-state index in [0.29, 0.717) is 27.7 Å². The van der Waals surface area contributed by atoms with Crippen LogP contribution in [0.5, 0.6) is 0 Å². The van der Waals surface area contributed by atoms with Crippen molar-refractivity contribution in [2.75, 3.05) is 5.75 Å². The van der Waals surface area contributed by atoms with E-state index in [1.54, 1.807) is 6.07 Å². The summed E-state index contributed by atoms with van der Waals surface area (Å²) in [4.78, 5) is 36.9. The second-order valence-electron chi connectivity index (χ2n) is 5.80. The molecule has 2 aromatic heterocycles. The number of nitrogens with one attached hydrogen (secondary N) is 1. The van der Waals surface area contributed by atoms with Crippen LogP contribution in [0.25, 0.3) is 22.5 Å². The highest BCUT2D eigenvalue weighted by molar-refractivity contribution is 7.99. The molecule has 1 aromatic carbocycles. The largest absolute Gasteiger partial charge is 0.480 e. The first-order valence-corrected chi connectivity index (χ1v) is 8.89. The third kappa shape index (κ3) is 4.59. The summed E-state index contributed by atoms with van der Waals surface area (Å²) in [6, 6.07) is 4.38. The number of carboxylic acid groups (broad SMARTS) is 1. The molecule has 2 heterocycles. The number of ketones is 1. The molecule has 12 heteroatoms. The number of nitro benzene ring substituents is 1. The van der Waals surface area contributed by atoms with Crippen LogP contribution >= 0.6 is 11.8 Å². The van der Waals surface area contributed by atoms with Crippen LogP contribution in [0.4, 0.5) is 5.69 Å².